The molecule has 1 amide bonds. The molecule has 0 radical (unpaired) electrons. The third kappa shape index (κ3) is 6.59. The van der Waals surface area contributed by atoms with Crippen LogP contribution in [0.25, 0.3) is 0 Å². The standard InChI is InChI=1S/C23H19Cl2IN2O3/c1-2-30-21-11-15(13-27-28-23(29)16-7-5-8-18(24)12-16)10-20(26)22(21)31-14-17-6-3-4-9-19(17)25/h3-13H,2,14H2,1H3,(H,28,29)/b27-13-. The molecule has 0 aromatic heterocycles. The Hall–Kier alpha value is -2.29. The largest absolute Gasteiger partial charge is 0.490 e. The van der Waals surface area contributed by atoms with Crippen molar-refractivity contribution in [2.45, 2.75) is 13.5 Å². The molecule has 8 heteroatoms. The van der Waals surface area contributed by atoms with Crippen LogP contribution in [0, 0.1) is 3.57 Å². The molecule has 5 nitrogen and oxygen atoms in total. The highest BCUT2D eigenvalue weighted by Crippen LogP contribution is 2.35. The second-order valence-electron chi connectivity index (χ2n) is 6.35. The van der Waals surface area contributed by atoms with Gasteiger partial charge in [-0.15, -0.1) is 0 Å². The second-order valence-corrected chi connectivity index (χ2v) is 8.36. The van der Waals surface area contributed by atoms with Gasteiger partial charge in [0.2, 0.25) is 0 Å². The summed E-state index contributed by atoms with van der Waals surface area (Å²) in [6.07, 6.45) is 1.55. The summed E-state index contributed by atoms with van der Waals surface area (Å²) in [5, 5.41) is 5.17. The fraction of sp³-hybridized carbons (Fsp3) is 0.130. The molecule has 0 unspecified atom stereocenters. The Morgan fingerprint density at radius 2 is 1.90 bits per heavy atom. The summed E-state index contributed by atoms with van der Waals surface area (Å²) in [5.41, 5.74) is 4.56. The average molecular weight is 569 g/mol. The number of nitrogens with zero attached hydrogens (tertiary/aromatic N) is 1. The highest BCUT2D eigenvalue weighted by Gasteiger charge is 2.13. The Morgan fingerprint density at radius 3 is 2.65 bits per heavy atom. The Morgan fingerprint density at radius 1 is 1.10 bits per heavy atom. The number of nitrogens with one attached hydrogen (secondary N) is 1. The number of ether oxygens (including phenoxy) is 2. The summed E-state index contributed by atoms with van der Waals surface area (Å²) in [4.78, 5) is 12.2. The zero-order chi connectivity index (χ0) is 22.2. The van der Waals surface area contributed by atoms with Crippen LogP contribution in [0.5, 0.6) is 11.5 Å². The van der Waals surface area contributed by atoms with Crippen molar-refractivity contribution in [3.8, 4) is 11.5 Å². The zero-order valence-electron chi connectivity index (χ0n) is 16.6. The molecule has 0 saturated carbocycles. The Bertz CT molecular complexity index is 1110. The van der Waals surface area contributed by atoms with Crippen molar-refractivity contribution < 1.29 is 14.3 Å². The van der Waals surface area contributed by atoms with Gasteiger partial charge in [0, 0.05) is 21.2 Å². The highest BCUT2D eigenvalue weighted by molar-refractivity contribution is 14.1. The van der Waals surface area contributed by atoms with E-state index >= 15 is 0 Å². The molecule has 3 aromatic carbocycles. The molecular weight excluding hydrogens is 550 g/mol. The van der Waals surface area contributed by atoms with Gasteiger partial charge < -0.3 is 9.47 Å². The van der Waals surface area contributed by atoms with E-state index in [1.165, 1.54) is 0 Å². The van der Waals surface area contributed by atoms with E-state index in [1.807, 2.05) is 43.3 Å². The molecule has 0 fully saturated rings. The van der Waals surface area contributed by atoms with Crippen molar-refractivity contribution in [2.75, 3.05) is 6.61 Å². The molecule has 160 valence electrons. The number of carbonyl (C=O) groups excluding carboxylic acids is 1. The lowest BCUT2D eigenvalue weighted by Gasteiger charge is -2.15. The van der Waals surface area contributed by atoms with Crippen molar-refractivity contribution in [1.29, 1.82) is 0 Å². The van der Waals surface area contributed by atoms with Gasteiger partial charge in [-0.25, -0.2) is 5.43 Å². The smallest absolute Gasteiger partial charge is 0.271 e. The maximum Gasteiger partial charge on any atom is 0.271 e. The predicted octanol–water partition coefficient (Wildman–Crippen LogP) is 6.34. The number of hydrazone groups is 1. The first-order chi connectivity index (χ1) is 15.0. The van der Waals surface area contributed by atoms with Crippen molar-refractivity contribution in [1.82, 2.24) is 5.43 Å². The van der Waals surface area contributed by atoms with E-state index in [1.54, 1.807) is 30.5 Å². The van der Waals surface area contributed by atoms with E-state index in [-0.39, 0.29) is 5.91 Å². The van der Waals surface area contributed by atoms with Gasteiger partial charge in [0.05, 0.1) is 16.4 Å². The summed E-state index contributed by atoms with van der Waals surface area (Å²) in [6, 6.07) is 17.9. The van der Waals surface area contributed by atoms with E-state index in [0.29, 0.717) is 40.3 Å². The molecule has 31 heavy (non-hydrogen) atoms. The first-order valence-electron chi connectivity index (χ1n) is 9.39. The van der Waals surface area contributed by atoms with Crippen LogP contribution < -0.4 is 14.9 Å². The monoisotopic (exact) mass is 568 g/mol. The second kappa shape index (κ2) is 11.4. The molecule has 3 aromatic rings. The van der Waals surface area contributed by atoms with Gasteiger partial charge in [-0.2, -0.15) is 5.10 Å². The lowest BCUT2D eigenvalue weighted by atomic mass is 10.2. The third-order valence-electron chi connectivity index (χ3n) is 4.13. The number of amides is 1. The number of hydrogen-bond acceptors (Lipinski definition) is 4. The summed E-state index contributed by atoms with van der Waals surface area (Å²) in [5.74, 6) is 0.865. The normalized spacial score (nSPS) is 10.8. The van der Waals surface area contributed by atoms with Crippen LogP contribution in [0.15, 0.2) is 65.8 Å². The molecule has 0 bridgehead atoms. The first kappa shape index (κ1) is 23.4. The molecule has 0 aliphatic carbocycles. The predicted molar refractivity (Wildman–Crippen MR) is 133 cm³/mol. The van der Waals surface area contributed by atoms with Crippen molar-refractivity contribution in [3.63, 3.8) is 0 Å². The number of hydrogen-bond donors (Lipinski definition) is 1. The zero-order valence-corrected chi connectivity index (χ0v) is 20.2. The molecule has 0 aliphatic rings. The van der Waals surface area contributed by atoms with Gasteiger partial charge in [-0.05, 0) is 71.5 Å². The fourth-order valence-corrected chi connectivity index (χ4v) is 3.85. The van der Waals surface area contributed by atoms with Crippen LogP contribution in [0.3, 0.4) is 0 Å². The third-order valence-corrected chi connectivity index (χ3v) is 5.53. The molecule has 0 heterocycles. The molecular formula is C23H19Cl2IN2O3. The van der Waals surface area contributed by atoms with Crippen LogP contribution in [-0.2, 0) is 6.61 Å². The summed E-state index contributed by atoms with van der Waals surface area (Å²) >= 11 is 14.3. The van der Waals surface area contributed by atoms with Crippen molar-refractivity contribution >= 4 is 57.9 Å². The Labute approximate surface area is 204 Å². The molecule has 0 spiro atoms. The van der Waals surface area contributed by atoms with Gasteiger partial charge in [0.15, 0.2) is 11.5 Å². The summed E-state index contributed by atoms with van der Waals surface area (Å²) in [7, 11) is 0. The minimum atomic E-state index is -0.349. The van der Waals surface area contributed by atoms with Crippen LogP contribution in [0.2, 0.25) is 10.0 Å². The number of carbonyl (C=O) groups is 1. The molecule has 3 rings (SSSR count). The highest BCUT2D eigenvalue weighted by atomic mass is 127. The van der Waals surface area contributed by atoms with Crippen LogP contribution >= 0.6 is 45.8 Å². The van der Waals surface area contributed by atoms with Gasteiger partial charge >= 0.3 is 0 Å². The number of halogens is 3. The maximum absolute atomic E-state index is 12.2. The van der Waals surface area contributed by atoms with Crippen molar-refractivity contribution in [2.24, 2.45) is 5.10 Å². The lowest BCUT2D eigenvalue weighted by molar-refractivity contribution is 0.0955. The quantitative estimate of drug-likeness (QED) is 0.196. The van der Waals surface area contributed by atoms with E-state index in [2.05, 4.69) is 33.1 Å². The first-order valence-corrected chi connectivity index (χ1v) is 11.2. The summed E-state index contributed by atoms with van der Waals surface area (Å²) in [6.45, 7) is 2.69. The topological polar surface area (TPSA) is 59.9 Å². The maximum atomic E-state index is 12.2. The minimum Gasteiger partial charge on any atom is -0.490 e. The Balaban J connectivity index is 1.73. The molecule has 1 N–H and O–H groups in total. The molecule has 0 aliphatic heterocycles. The number of benzene rings is 3. The van der Waals surface area contributed by atoms with Crippen molar-refractivity contribution in [3.05, 3.63) is 91.0 Å². The van der Waals surface area contributed by atoms with Crippen LogP contribution in [-0.4, -0.2) is 18.7 Å². The van der Waals surface area contributed by atoms with Gasteiger partial charge in [-0.1, -0.05) is 47.5 Å². The lowest BCUT2D eigenvalue weighted by Crippen LogP contribution is -2.17. The van der Waals surface area contributed by atoms with Gasteiger partial charge in [-0.3, -0.25) is 4.79 Å². The fourth-order valence-electron chi connectivity index (χ4n) is 2.69. The van der Waals surface area contributed by atoms with E-state index in [0.717, 1.165) is 14.7 Å². The van der Waals surface area contributed by atoms with E-state index in [4.69, 9.17) is 32.7 Å². The number of rotatable bonds is 8. The average Bonchev–Trinajstić information content (AvgIpc) is 2.74. The Kier molecular flexibility index (Phi) is 8.57. The van der Waals surface area contributed by atoms with Gasteiger partial charge in [0.1, 0.15) is 6.61 Å². The SMILES string of the molecule is CCOc1cc(/C=N\NC(=O)c2cccc(Cl)c2)cc(I)c1OCc1ccccc1Cl. The molecule has 0 atom stereocenters. The minimum absolute atomic E-state index is 0.318. The van der Waals surface area contributed by atoms with Crippen LogP contribution in [0.1, 0.15) is 28.4 Å². The molecule has 0 saturated heterocycles. The van der Waals surface area contributed by atoms with E-state index in [9.17, 15) is 4.79 Å². The van der Waals surface area contributed by atoms with Gasteiger partial charge in [0.25, 0.3) is 5.91 Å². The van der Waals surface area contributed by atoms with Crippen LogP contribution in [0.4, 0.5) is 0 Å². The summed E-state index contributed by atoms with van der Waals surface area (Å²) < 4.78 is 12.6. The van der Waals surface area contributed by atoms with E-state index < -0.39 is 0 Å².